The second kappa shape index (κ2) is 7.86. The van der Waals surface area contributed by atoms with Crippen LogP contribution in [-0.2, 0) is 10.0 Å². The van der Waals surface area contributed by atoms with Crippen molar-refractivity contribution in [1.29, 1.82) is 0 Å². The molecular formula is C23H18N6O2S. The predicted octanol–water partition coefficient (Wildman–Crippen LogP) is 3.96. The van der Waals surface area contributed by atoms with Gasteiger partial charge < -0.3 is 0 Å². The zero-order valence-electron chi connectivity index (χ0n) is 17.0. The van der Waals surface area contributed by atoms with Gasteiger partial charge in [0.2, 0.25) is 0 Å². The van der Waals surface area contributed by atoms with Gasteiger partial charge in [-0.15, -0.1) is 10.2 Å². The number of anilines is 1. The summed E-state index contributed by atoms with van der Waals surface area (Å²) in [5.74, 6) is 0.598. The number of benzene rings is 2. The molecule has 0 aliphatic heterocycles. The molecule has 0 amide bonds. The molecule has 0 aliphatic rings. The molecule has 3 heterocycles. The van der Waals surface area contributed by atoms with Crippen LogP contribution in [0.5, 0.6) is 0 Å². The first-order valence-electron chi connectivity index (χ1n) is 9.82. The standard InChI is InChI=1S/C23H18N6O2S/c1-16-5-7-20(8-6-16)32(30,31)28-19-4-2-3-18(15-19)21-9-10-22-25-26-23(29(22)27-21)17-11-13-24-14-12-17/h2-15,28H,1H3. The minimum absolute atomic E-state index is 0.208. The van der Waals surface area contributed by atoms with Gasteiger partial charge in [0.25, 0.3) is 10.0 Å². The fourth-order valence-electron chi connectivity index (χ4n) is 3.30. The van der Waals surface area contributed by atoms with E-state index in [-0.39, 0.29) is 4.90 Å². The molecule has 0 bridgehead atoms. The van der Waals surface area contributed by atoms with Crippen LogP contribution in [0.15, 0.2) is 90.1 Å². The van der Waals surface area contributed by atoms with E-state index in [1.54, 1.807) is 59.4 Å². The Morgan fingerprint density at radius 2 is 1.62 bits per heavy atom. The predicted molar refractivity (Wildman–Crippen MR) is 121 cm³/mol. The summed E-state index contributed by atoms with van der Waals surface area (Å²) >= 11 is 0. The maximum Gasteiger partial charge on any atom is 0.261 e. The molecule has 0 spiro atoms. The fourth-order valence-corrected chi connectivity index (χ4v) is 4.35. The van der Waals surface area contributed by atoms with Gasteiger partial charge in [0.15, 0.2) is 11.5 Å². The van der Waals surface area contributed by atoms with Gasteiger partial charge in [-0.2, -0.15) is 9.61 Å². The second-order valence-corrected chi connectivity index (χ2v) is 8.93. The first-order valence-corrected chi connectivity index (χ1v) is 11.3. The number of fused-ring (bicyclic) bond motifs is 1. The molecule has 32 heavy (non-hydrogen) atoms. The number of aryl methyl sites for hydroxylation is 1. The largest absolute Gasteiger partial charge is 0.280 e. The van der Waals surface area contributed by atoms with Crippen molar-refractivity contribution in [2.75, 3.05) is 4.72 Å². The van der Waals surface area contributed by atoms with Crippen LogP contribution in [0.3, 0.4) is 0 Å². The molecule has 0 saturated carbocycles. The monoisotopic (exact) mass is 442 g/mol. The Morgan fingerprint density at radius 1 is 0.844 bits per heavy atom. The van der Waals surface area contributed by atoms with E-state index in [2.05, 4.69) is 25.0 Å². The van der Waals surface area contributed by atoms with E-state index >= 15 is 0 Å². The number of nitrogens with one attached hydrogen (secondary N) is 1. The van der Waals surface area contributed by atoms with Crippen molar-refractivity contribution in [3.05, 3.63) is 90.8 Å². The lowest BCUT2D eigenvalue weighted by Gasteiger charge is -2.10. The van der Waals surface area contributed by atoms with Gasteiger partial charge >= 0.3 is 0 Å². The number of hydrogen-bond acceptors (Lipinski definition) is 6. The van der Waals surface area contributed by atoms with E-state index in [0.717, 1.165) is 16.7 Å². The van der Waals surface area contributed by atoms with Gasteiger partial charge in [0.05, 0.1) is 10.6 Å². The topological polar surface area (TPSA) is 102 Å². The highest BCUT2D eigenvalue weighted by Crippen LogP contribution is 2.25. The number of pyridine rings is 1. The number of aromatic nitrogens is 5. The molecule has 5 rings (SSSR count). The molecule has 0 aliphatic carbocycles. The summed E-state index contributed by atoms with van der Waals surface area (Å²) in [5.41, 5.74) is 4.30. The smallest absolute Gasteiger partial charge is 0.261 e. The second-order valence-electron chi connectivity index (χ2n) is 7.25. The Morgan fingerprint density at radius 3 is 2.41 bits per heavy atom. The first-order chi connectivity index (χ1) is 15.5. The van der Waals surface area contributed by atoms with Crippen molar-refractivity contribution in [1.82, 2.24) is 24.8 Å². The number of nitrogens with zero attached hydrogens (tertiary/aromatic N) is 5. The van der Waals surface area contributed by atoms with E-state index < -0.39 is 10.0 Å². The Bertz CT molecular complexity index is 1510. The third kappa shape index (κ3) is 3.81. The molecule has 8 nitrogen and oxygen atoms in total. The van der Waals surface area contributed by atoms with E-state index in [1.807, 2.05) is 37.3 Å². The van der Waals surface area contributed by atoms with Gasteiger partial charge in [-0.3, -0.25) is 9.71 Å². The maximum absolute atomic E-state index is 12.7. The Hall–Kier alpha value is -4.11. The minimum Gasteiger partial charge on any atom is -0.280 e. The molecule has 0 fully saturated rings. The number of sulfonamides is 1. The van der Waals surface area contributed by atoms with E-state index in [1.165, 1.54) is 0 Å². The first kappa shape index (κ1) is 19.8. The summed E-state index contributed by atoms with van der Waals surface area (Å²) < 4.78 is 29.8. The maximum atomic E-state index is 12.7. The summed E-state index contributed by atoms with van der Waals surface area (Å²) in [5, 5.41) is 13.1. The summed E-state index contributed by atoms with van der Waals surface area (Å²) in [6.07, 6.45) is 3.37. The van der Waals surface area contributed by atoms with Crippen molar-refractivity contribution in [3.8, 4) is 22.6 Å². The lowest BCUT2D eigenvalue weighted by molar-refractivity contribution is 0.601. The summed E-state index contributed by atoms with van der Waals surface area (Å²) in [6, 6.07) is 21.1. The van der Waals surface area contributed by atoms with Crippen LogP contribution in [0.2, 0.25) is 0 Å². The zero-order valence-corrected chi connectivity index (χ0v) is 17.9. The van der Waals surface area contributed by atoms with Crippen LogP contribution in [0, 0.1) is 6.92 Å². The van der Waals surface area contributed by atoms with Gasteiger partial charge in [-0.25, -0.2) is 8.42 Å². The molecule has 0 unspecified atom stereocenters. The van der Waals surface area contributed by atoms with Crippen molar-refractivity contribution in [3.63, 3.8) is 0 Å². The quantitative estimate of drug-likeness (QED) is 0.442. The molecule has 0 radical (unpaired) electrons. The Balaban J connectivity index is 1.50. The molecule has 1 N–H and O–H groups in total. The third-order valence-electron chi connectivity index (χ3n) is 4.94. The van der Waals surface area contributed by atoms with Crippen molar-refractivity contribution in [2.24, 2.45) is 0 Å². The summed E-state index contributed by atoms with van der Waals surface area (Å²) in [4.78, 5) is 4.24. The highest BCUT2D eigenvalue weighted by molar-refractivity contribution is 7.92. The highest BCUT2D eigenvalue weighted by Gasteiger charge is 2.15. The number of rotatable bonds is 5. The zero-order chi connectivity index (χ0) is 22.1. The van der Waals surface area contributed by atoms with E-state index in [0.29, 0.717) is 22.9 Å². The lowest BCUT2D eigenvalue weighted by atomic mass is 10.1. The van der Waals surface area contributed by atoms with Crippen LogP contribution < -0.4 is 4.72 Å². The average molecular weight is 443 g/mol. The summed E-state index contributed by atoms with van der Waals surface area (Å²) in [7, 11) is -3.70. The molecule has 2 aromatic carbocycles. The van der Waals surface area contributed by atoms with Gasteiger partial charge in [-0.1, -0.05) is 29.8 Å². The van der Waals surface area contributed by atoms with Crippen LogP contribution in [0.1, 0.15) is 5.56 Å². The minimum atomic E-state index is -3.70. The van der Waals surface area contributed by atoms with Crippen LogP contribution in [0.4, 0.5) is 5.69 Å². The molecule has 0 atom stereocenters. The number of hydrogen-bond donors (Lipinski definition) is 1. The Kier molecular flexibility index (Phi) is 4.87. The average Bonchev–Trinajstić information content (AvgIpc) is 3.23. The molecule has 3 aromatic heterocycles. The molecular weight excluding hydrogens is 424 g/mol. The van der Waals surface area contributed by atoms with Gasteiger partial charge in [-0.05, 0) is 55.5 Å². The Labute approximate surface area is 184 Å². The molecule has 0 saturated heterocycles. The third-order valence-corrected chi connectivity index (χ3v) is 6.34. The normalized spacial score (nSPS) is 11.5. The summed E-state index contributed by atoms with van der Waals surface area (Å²) in [6.45, 7) is 1.91. The van der Waals surface area contributed by atoms with Crippen LogP contribution in [-0.4, -0.2) is 33.2 Å². The van der Waals surface area contributed by atoms with Crippen molar-refractivity contribution < 1.29 is 8.42 Å². The molecule has 5 aromatic rings. The highest BCUT2D eigenvalue weighted by atomic mass is 32.2. The van der Waals surface area contributed by atoms with Crippen LogP contribution >= 0.6 is 0 Å². The molecule has 9 heteroatoms. The lowest BCUT2D eigenvalue weighted by Crippen LogP contribution is -2.12. The fraction of sp³-hybridized carbons (Fsp3) is 0.0435. The van der Waals surface area contributed by atoms with E-state index in [4.69, 9.17) is 0 Å². The van der Waals surface area contributed by atoms with Gasteiger partial charge in [0, 0.05) is 29.2 Å². The SMILES string of the molecule is Cc1ccc(S(=O)(=O)Nc2cccc(-c3ccc4nnc(-c5ccncc5)n4n3)c2)cc1. The van der Waals surface area contributed by atoms with E-state index in [9.17, 15) is 8.42 Å². The van der Waals surface area contributed by atoms with Crippen molar-refractivity contribution in [2.45, 2.75) is 11.8 Å². The van der Waals surface area contributed by atoms with Crippen LogP contribution in [0.25, 0.3) is 28.3 Å². The van der Waals surface area contributed by atoms with Gasteiger partial charge in [0.1, 0.15) is 0 Å². The van der Waals surface area contributed by atoms with Crippen molar-refractivity contribution >= 4 is 21.4 Å². The molecule has 158 valence electrons.